The molecule has 0 radical (unpaired) electrons. The van der Waals surface area contributed by atoms with E-state index in [9.17, 15) is 39.9 Å². The number of hydrogen-bond donors (Lipinski definition) is 6. The van der Waals surface area contributed by atoms with Gasteiger partial charge in [0.1, 0.15) is 24.4 Å². The van der Waals surface area contributed by atoms with Crippen LogP contribution in [0, 0.1) is 41.4 Å². The number of methoxy groups -OCH3 is 2. The van der Waals surface area contributed by atoms with Gasteiger partial charge in [0.15, 0.2) is 0 Å². The molecule has 14 heteroatoms. The number of nitrogens with zero attached hydrogens (tertiary/aromatic N) is 1. The molecule has 14 nitrogen and oxygen atoms in total. The van der Waals surface area contributed by atoms with Gasteiger partial charge in [0.25, 0.3) is 11.7 Å². The van der Waals surface area contributed by atoms with Crippen molar-refractivity contribution in [3.05, 3.63) is 83.2 Å². The number of carbonyl (C=O) groups excluding carboxylic acids is 3. The first-order valence-corrected chi connectivity index (χ1v) is 28.7. The number of Topliss-reactive ketones (excluding diaryl/α,β-unsaturated/α-hetero) is 1. The van der Waals surface area contributed by atoms with E-state index in [0.717, 1.165) is 17.6 Å². The molecular formula is C62H102N2O12. The fourth-order valence-corrected chi connectivity index (χ4v) is 11.0. The average Bonchev–Trinajstić information content (AvgIpc) is 3.45. The Morgan fingerprint density at radius 1 is 0.842 bits per heavy atom. The number of allylic oxidation sites excluding steroid dienone is 10. The van der Waals surface area contributed by atoms with Crippen molar-refractivity contribution in [3.63, 3.8) is 0 Å². The quantitative estimate of drug-likeness (QED) is 0.0546. The normalized spacial score (nSPS) is 38.1. The van der Waals surface area contributed by atoms with Gasteiger partial charge in [-0.05, 0) is 120 Å². The van der Waals surface area contributed by atoms with E-state index >= 15 is 0 Å². The Morgan fingerprint density at radius 3 is 2.21 bits per heavy atom. The average molecular weight is 1070 g/mol. The van der Waals surface area contributed by atoms with E-state index in [1.807, 2.05) is 45.9 Å². The van der Waals surface area contributed by atoms with Crippen LogP contribution < -0.4 is 5.32 Å². The van der Waals surface area contributed by atoms with Crippen LogP contribution in [0.2, 0.25) is 0 Å². The standard InChI is InChI=1S/C62H102N2O12/c1-15-17-32-64-48(12)61(71)75-55(43(7)28-22-29-54(73-13)52(65)23-16-2)36-53(66)44(8)34-46(10)57(68)58(74-14)56(67)45(9)33-39(3)24-19-18-20-26-41(5)50(51-38-63-37-40(4)25-21-27-42(51)6)35-49-31-30-47(11)62(72,76-49)59(69)60(64)70/h18-21,24-27,34,38-39,42-45,47-50,52-58,63,65-68,72H,15-17,22-23,28-33,35-37H2,1-14H3/b20-18+,24-19+,27-21-,40-25-,41-26+,46-34+,51-38+/t39-,42?,43-,44-,45?,47?,48?,49+,50+,52-,53+,54?,55+,56?,57?,58+,62?/m1/s1. The Bertz CT molecular complexity index is 2030. The van der Waals surface area contributed by atoms with Crippen molar-refractivity contribution in [2.24, 2.45) is 41.4 Å². The molecule has 1 saturated heterocycles. The van der Waals surface area contributed by atoms with Gasteiger partial charge >= 0.3 is 5.97 Å². The highest BCUT2D eigenvalue weighted by Gasteiger charge is 2.52. The van der Waals surface area contributed by atoms with Gasteiger partial charge in [0.05, 0.1) is 30.5 Å². The maximum Gasteiger partial charge on any atom is 0.328 e. The van der Waals surface area contributed by atoms with E-state index in [1.165, 1.54) is 24.5 Å². The first kappa shape index (κ1) is 66.5. The third kappa shape index (κ3) is 19.6. The molecule has 3 heterocycles. The highest BCUT2D eigenvalue weighted by Crippen LogP contribution is 2.40. The molecular weight excluding hydrogens is 965 g/mol. The van der Waals surface area contributed by atoms with E-state index in [1.54, 1.807) is 34.0 Å². The van der Waals surface area contributed by atoms with Crippen molar-refractivity contribution in [1.82, 2.24) is 10.2 Å². The number of esters is 1. The number of cyclic esters (lactones) is 1. The van der Waals surface area contributed by atoms with E-state index in [-0.39, 0.29) is 48.7 Å². The van der Waals surface area contributed by atoms with Crippen molar-refractivity contribution >= 4 is 17.7 Å². The number of aliphatic hydroxyl groups excluding tert-OH is 4. The highest BCUT2D eigenvalue weighted by molar-refractivity contribution is 6.39. The molecule has 3 aliphatic rings. The predicted octanol–water partition coefficient (Wildman–Crippen LogP) is 9.41. The van der Waals surface area contributed by atoms with Gasteiger partial charge in [-0.25, -0.2) is 4.79 Å². The number of carbonyl (C=O) groups is 3. The summed E-state index contributed by atoms with van der Waals surface area (Å²) in [5, 5.41) is 61.8. The number of unbranched alkanes of at least 4 members (excludes halogenated alkanes) is 1. The Kier molecular flexibility index (Phi) is 28.9. The van der Waals surface area contributed by atoms with Crippen LogP contribution in [-0.2, 0) is 33.3 Å². The monoisotopic (exact) mass is 1070 g/mol. The first-order valence-electron chi connectivity index (χ1n) is 28.7. The summed E-state index contributed by atoms with van der Waals surface area (Å²) in [5.74, 6) is -7.33. The highest BCUT2D eigenvalue weighted by atomic mass is 16.6. The lowest BCUT2D eigenvalue weighted by Gasteiger charge is -2.42. The van der Waals surface area contributed by atoms with Crippen LogP contribution in [-0.4, -0.2) is 136 Å². The van der Waals surface area contributed by atoms with Gasteiger partial charge in [0.2, 0.25) is 5.79 Å². The molecule has 3 rings (SSSR count). The fourth-order valence-electron chi connectivity index (χ4n) is 11.0. The second-order valence-corrected chi connectivity index (χ2v) is 22.9. The van der Waals surface area contributed by atoms with Gasteiger partial charge in [-0.15, -0.1) is 0 Å². The van der Waals surface area contributed by atoms with Gasteiger partial charge in [0, 0.05) is 51.5 Å². The Balaban J connectivity index is 2.16. The molecule has 0 spiro atoms. The number of fused-ring (bicyclic) bond motifs is 2. The van der Waals surface area contributed by atoms with Crippen LogP contribution in [0.15, 0.2) is 83.2 Å². The minimum Gasteiger partial charge on any atom is -0.460 e. The Hall–Kier alpha value is -3.73. The number of ether oxygens (including phenoxy) is 4. The molecule has 8 unspecified atom stereocenters. The lowest BCUT2D eigenvalue weighted by molar-refractivity contribution is -0.264. The zero-order valence-corrected chi connectivity index (χ0v) is 49.0. The van der Waals surface area contributed by atoms with E-state index < -0.39 is 84.1 Å². The van der Waals surface area contributed by atoms with Crippen molar-refractivity contribution in [1.29, 1.82) is 0 Å². The lowest BCUT2D eigenvalue weighted by atomic mass is 9.78. The Morgan fingerprint density at radius 2 is 1.55 bits per heavy atom. The molecule has 76 heavy (non-hydrogen) atoms. The molecule has 2 bridgehead atoms. The smallest absolute Gasteiger partial charge is 0.328 e. The molecule has 0 saturated carbocycles. The summed E-state index contributed by atoms with van der Waals surface area (Å²) in [6.07, 6.45) is 19.8. The topological polar surface area (TPSA) is 205 Å². The lowest BCUT2D eigenvalue weighted by Crippen LogP contribution is -2.60. The molecule has 432 valence electrons. The van der Waals surface area contributed by atoms with Gasteiger partial charge in [-0.2, -0.15) is 0 Å². The summed E-state index contributed by atoms with van der Waals surface area (Å²) in [5.41, 5.74) is 3.81. The first-order chi connectivity index (χ1) is 35.9. The van der Waals surface area contributed by atoms with Gasteiger partial charge in [-0.1, -0.05) is 140 Å². The second kappa shape index (κ2) is 33.0. The van der Waals surface area contributed by atoms with Crippen LogP contribution in [0.3, 0.4) is 0 Å². The summed E-state index contributed by atoms with van der Waals surface area (Å²) < 4.78 is 24.2. The van der Waals surface area contributed by atoms with Crippen molar-refractivity contribution in [2.45, 2.75) is 221 Å². The number of amides is 1. The van der Waals surface area contributed by atoms with Crippen LogP contribution >= 0.6 is 0 Å². The summed E-state index contributed by atoms with van der Waals surface area (Å²) in [7, 11) is 3.04. The maximum absolute atomic E-state index is 14.7. The van der Waals surface area contributed by atoms with E-state index in [4.69, 9.17) is 18.9 Å². The maximum atomic E-state index is 14.7. The fraction of sp³-hybridized carbons (Fsp3) is 0.726. The summed E-state index contributed by atoms with van der Waals surface area (Å²) >= 11 is 0. The number of rotatable bonds is 14. The van der Waals surface area contributed by atoms with Crippen LogP contribution in [0.5, 0.6) is 0 Å². The number of nitrogens with one attached hydrogen (secondary N) is 1. The molecule has 3 aliphatic heterocycles. The van der Waals surface area contributed by atoms with Crippen molar-refractivity contribution < 1.29 is 58.9 Å². The molecule has 0 aromatic carbocycles. The molecule has 1 amide bonds. The summed E-state index contributed by atoms with van der Waals surface area (Å²) in [4.78, 5) is 45.1. The largest absolute Gasteiger partial charge is 0.460 e. The van der Waals surface area contributed by atoms with Crippen molar-refractivity contribution in [2.75, 3.05) is 27.3 Å². The minimum atomic E-state index is -2.46. The third-order valence-corrected chi connectivity index (χ3v) is 16.4. The number of aliphatic hydroxyl groups is 5. The molecule has 1 fully saturated rings. The van der Waals surface area contributed by atoms with Crippen LogP contribution in [0.25, 0.3) is 0 Å². The SMILES string of the molecule is CCCCN1C(=O)C(=O)C2(O)O[C@@H](CCC2C)C[C@H](/C2=C/NC/C(C)=C\C=C/C2C)/C(C)=C/C=C/C=C/[C@@H](C)CC(C)C(O)[C@H](OC)C(O)/C(C)=C/[C@@H](C)[C@@H](O)C[C@@H]([C@H](C)CCCC(OC)[C@H](O)CCC)OC(=O)C1C. The molecule has 6 N–H and O–H groups in total. The Labute approximate surface area is 457 Å². The summed E-state index contributed by atoms with van der Waals surface area (Å²) in [6, 6.07) is -1.25. The minimum absolute atomic E-state index is 0.00332. The summed E-state index contributed by atoms with van der Waals surface area (Å²) in [6.45, 7) is 23.6. The molecule has 0 aromatic rings. The zero-order valence-electron chi connectivity index (χ0n) is 49.0. The van der Waals surface area contributed by atoms with Crippen LogP contribution in [0.4, 0.5) is 0 Å². The third-order valence-electron chi connectivity index (χ3n) is 16.4. The predicted molar refractivity (Wildman–Crippen MR) is 302 cm³/mol. The van der Waals surface area contributed by atoms with E-state index in [2.05, 4.69) is 69.6 Å². The van der Waals surface area contributed by atoms with Gasteiger partial charge in [-0.3, -0.25) is 9.59 Å². The zero-order chi connectivity index (χ0) is 56.9. The van der Waals surface area contributed by atoms with E-state index in [0.29, 0.717) is 76.3 Å². The molecule has 0 aromatic heterocycles. The molecule has 17 atom stereocenters. The van der Waals surface area contributed by atoms with Gasteiger partial charge < -0.3 is 54.7 Å². The number of ketones is 1. The van der Waals surface area contributed by atoms with Crippen LogP contribution in [0.1, 0.15) is 160 Å². The van der Waals surface area contributed by atoms with Crippen molar-refractivity contribution in [3.8, 4) is 0 Å². The second-order valence-electron chi connectivity index (χ2n) is 22.9. The number of hydrogen-bond acceptors (Lipinski definition) is 13. The molecule has 0 aliphatic carbocycles.